The average molecular weight is 275 g/mol. The Labute approximate surface area is 110 Å². The molecule has 0 spiro atoms. The molecule has 2 aliphatic carbocycles. The van der Waals surface area contributed by atoms with E-state index in [1.54, 1.807) is 0 Å². The predicted molar refractivity (Wildman–Crippen MR) is 63.8 cm³/mol. The Balaban J connectivity index is 1.84. The van der Waals surface area contributed by atoms with Crippen LogP contribution in [0.4, 0.5) is 8.78 Å². The Kier molecular flexibility index (Phi) is 4.06. The summed E-state index contributed by atoms with van der Waals surface area (Å²) >= 11 is 0. The molecule has 3 unspecified atom stereocenters. The highest BCUT2D eigenvalue weighted by atomic mass is 19.3. The van der Waals surface area contributed by atoms with Crippen LogP contribution in [0.1, 0.15) is 44.9 Å². The third-order valence-corrected chi connectivity index (χ3v) is 4.14. The predicted octanol–water partition coefficient (Wildman–Crippen LogP) is 2.18. The molecule has 1 amide bonds. The molecule has 0 bridgehead atoms. The van der Waals surface area contributed by atoms with E-state index in [2.05, 4.69) is 5.32 Å². The average Bonchev–Trinajstić information content (AvgIpc) is 2.70. The van der Waals surface area contributed by atoms with Crippen molar-refractivity contribution in [3.8, 4) is 0 Å². The number of carbonyl (C=O) groups excluding carboxylic acids is 1. The number of aliphatic carboxylic acids is 1. The molecular weight excluding hydrogens is 256 g/mol. The van der Waals surface area contributed by atoms with Gasteiger partial charge in [0.2, 0.25) is 11.8 Å². The van der Waals surface area contributed by atoms with Gasteiger partial charge in [0.1, 0.15) is 0 Å². The second-order valence-electron chi connectivity index (χ2n) is 5.70. The lowest BCUT2D eigenvalue weighted by molar-refractivity contribution is -0.143. The van der Waals surface area contributed by atoms with E-state index in [-0.39, 0.29) is 31.2 Å². The quantitative estimate of drug-likeness (QED) is 0.829. The highest BCUT2D eigenvalue weighted by molar-refractivity contribution is 5.79. The Hall–Kier alpha value is -1.20. The van der Waals surface area contributed by atoms with Gasteiger partial charge in [-0.3, -0.25) is 9.59 Å². The van der Waals surface area contributed by atoms with Crippen molar-refractivity contribution in [1.29, 1.82) is 0 Å². The monoisotopic (exact) mass is 275 g/mol. The molecule has 19 heavy (non-hydrogen) atoms. The highest BCUT2D eigenvalue weighted by Gasteiger charge is 2.43. The first-order valence-corrected chi connectivity index (χ1v) is 6.78. The van der Waals surface area contributed by atoms with E-state index >= 15 is 0 Å². The summed E-state index contributed by atoms with van der Waals surface area (Å²) < 4.78 is 26.1. The summed E-state index contributed by atoms with van der Waals surface area (Å²) in [6.07, 6.45) is 2.13. The van der Waals surface area contributed by atoms with Crippen molar-refractivity contribution in [2.24, 2.45) is 11.8 Å². The normalized spacial score (nSPS) is 33.9. The number of carboxylic acid groups (broad SMARTS) is 1. The lowest BCUT2D eigenvalue weighted by Crippen LogP contribution is -2.42. The summed E-state index contributed by atoms with van der Waals surface area (Å²) in [7, 11) is 0. The van der Waals surface area contributed by atoms with Gasteiger partial charge in [-0.2, -0.15) is 0 Å². The third kappa shape index (κ3) is 3.64. The molecule has 0 aromatic carbocycles. The minimum Gasteiger partial charge on any atom is -0.481 e. The molecule has 108 valence electrons. The molecular formula is C13H19F2NO3. The van der Waals surface area contributed by atoms with E-state index in [4.69, 9.17) is 5.11 Å². The Bertz CT molecular complexity index is 373. The standard InChI is InChI=1S/C13H19F2NO3/c14-13(15)5-4-9(7-13)11(17)16-10-3-1-2-8(6-10)12(18)19/h8-10H,1-7H2,(H,16,17)(H,18,19). The van der Waals surface area contributed by atoms with Gasteiger partial charge in [0.25, 0.3) is 0 Å². The Morgan fingerprint density at radius 2 is 1.89 bits per heavy atom. The van der Waals surface area contributed by atoms with Crippen molar-refractivity contribution < 1.29 is 23.5 Å². The van der Waals surface area contributed by atoms with E-state index < -0.39 is 23.7 Å². The van der Waals surface area contributed by atoms with Gasteiger partial charge in [-0.05, 0) is 25.7 Å². The fourth-order valence-corrected chi connectivity index (χ4v) is 3.04. The van der Waals surface area contributed by atoms with Crippen molar-refractivity contribution in [1.82, 2.24) is 5.32 Å². The molecule has 0 aliphatic heterocycles. The summed E-state index contributed by atoms with van der Waals surface area (Å²) in [6, 6.07) is -0.184. The van der Waals surface area contributed by atoms with Crippen LogP contribution in [0, 0.1) is 11.8 Å². The van der Waals surface area contributed by atoms with Crippen LogP contribution in [0.3, 0.4) is 0 Å². The molecule has 2 saturated carbocycles. The molecule has 0 saturated heterocycles. The van der Waals surface area contributed by atoms with Gasteiger partial charge in [0, 0.05) is 24.8 Å². The van der Waals surface area contributed by atoms with E-state index in [9.17, 15) is 18.4 Å². The van der Waals surface area contributed by atoms with Gasteiger partial charge in [0.15, 0.2) is 0 Å². The van der Waals surface area contributed by atoms with E-state index in [0.717, 1.165) is 12.8 Å². The molecule has 2 aliphatic rings. The van der Waals surface area contributed by atoms with Crippen LogP contribution in [0.15, 0.2) is 0 Å². The number of hydrogen-bond acceptors (Lipinski definition) is 2. The minimum absolute atomic E-state index is 0.184. The fraction of sp³-hybridized carbons (Fsp3) is 0.846. The minimum atomic E-state index is -2.72. The summed E-state index contributed by atoms with van der Waals surface area (Å²) in [5.41, 5.74) is 0. The molecule has 2 fully saturated rings. The first-order chi connectivity index (χ1) is 8.87. The number of hydrogen-bond donors (Lipinski definition) is 2. The zero-order valence-corrected chi connectivity index (χ0v) is 10.7. The van der Waals surface area contributed by atoms with E-state index in [1.165, 1.54) is 0 Å². The molecule has 6 heteroatoms. The van der Waals surface area contributed by atoms with Crippen molar-refractivity contribution in [3.05, 3.63) is 0 Å². The number of carbonyl (C=O) groups is 2. The molecule has 4 nitrogen and oxygen atoms in total. The van der Waals surface area contributed by atoms with Crippen LogP contribution >= 0.6 is 0 Å². The van der Waals surface area contributed by atoms with Gasteiger partial charge in [-0.15, -0.1) is 0 Å². The van der Waals surface area contributed by atoms with Crippen LogP contribution in [-0.4, -0.2) is 28.9 Å². The molecule has 0 radical (unpaired) electrons. The smallest absolute Gasteiger partial charge is 0.306 e. The van der Waals surface area contributed by atoms with Gasteiger partial charge in [0.05, 0.1) is 5.92 Å². The lowest BCUT2D eigenvalue weighted by atomic mass is 9.85. The molecule has 2 rings (SSSR count). The van der Waals surface area contributed by atoms with Gasteiger partial charge < -0.3 is 10.4 Å². The SMILES string of the molecule is O=C(O)C1CCCC(NC(=O)C2CCC(F)(F)C2)C1. The van der Waals surface area contributed by atoms with Crippen LogP contribution in [0.2, 0.25) is 0 Å². The van der Waals surface area contributed by atoms with Crippen molar-refractivity contribution >= 4 is 11.9 Å². The number of nitrogens with one attached hydrogen (secondary N) is 1. The van der Waals surface area contributed by atoms with Crippen LogP contribution in [-0.2, 0) is 9.59 Å². The molecule has 2 N–H and O–H groups in total. The zero-order chi connectivity index (χ0) is 14.0. The molecule has 0 heterocycles. The summed E-state index contributed by atoms with van der Waals surface area (Å²) in [5.74, 6) is -4.96. The van der Waals surface area contributed by atoms with Gasteiger partial charge in [-0.25, -0.2) is 8.78 Å². The second-order valence-corrected chi connectivity index (χ2v) is 5.70. The fourth-order valence-electron chi connectivity index (χ4n) is 3.04. The Morgan fingerprint density at radius 1 is 1.16 bits per heavy atom. The number of alkyl halides is 2. The lowest BCUT2D eigenvalue weighted by Gasteiger charge is -2.28. The zero-order valence-electron chi connectivity index (χ0n) is 10.7. The maximum Gasteiger partial charge on any atom is 0.306 e. The summed E-state index contributed by atoms with van der Waals surface area (Å²) in [6.45, 7) is 0. The third-order valence-electron chi connectivity index (χ3n) is 4.14. The second kappa shape index (κ2) is 5.43. The summed E-state index contributed by atoms with van der Waals surface area (Å²) in [4.78, 5) is 22.8. The van der Waals surface area contributed by atoms with Gasteiger partial charge >= 0.3 is 5.97 Å². The number of halogens is 2. The van der Waals surface area contributed by atoms with Crippen LogP contribution < -0.4 is 5.32 Å². The van der Waals surface area contributed by atoms with Crippen LogP contribution in [0.25, 0.3) is 0 Å². The van der Waals surface area contributed by atoms with E-state index in [1.807, 2.05) is 0 Å². The first kappa shape index (κ1) is 14.2. The number of carboxylic acids is 1. The molecule has 3 atom stereocenters. The maximum atomic E-state index is 13.0. The van der Waals surface area contributed by atoms with Crippen molar-refractivity contribution in [3.63, 3.8) is 0 Å². The topological polar surface area (TPSA) is 66.4 Å². The largest absolute Gasteiger partial charge is 0.481 e. The molecule has 0 aromatic heterocycles. The highest BCUT2D eigenvalue weighted by Crippen LogP contribution is 2.39. The summed E-state index contributed by atoms with van der Waals surface area (Å²) in [5, 5.41) is 11.7. The van der Waals surface area contributed by atoms with E-state index in [0.29, 0.717) is 12.8 Å². The van der Waals surface area contributed by atoms with Gasteiger partial charge in [-0.1, -0.05) is 6.42 Å². The number of amides is 1. The van der Waals surface area contributed by atoms with Crippen molar-refractivity contribution in [2.45, 2.75) is 56.9 Å². The number of rotatable bonds is 3. The first-order valence-electron chi connectivity index (χ1n) is 6.78. The van der Waals surface area contributed by atoms with Crippen molar-refractivity contribution in [2.75, 3.05) is 0 Å². The molecule has 0 aromatic rings. The maximum absolute atomic E-state index is 13.0. The van der Waals surface area contributed by atoms with Crippen LogP contribution in [0.5, 0.6) is 0 Å². The Morgan fingerprint density at radius 3 is 2.47 bits per heavy atom.